The first-order valence-corrected chi connectivity index (χ1v) is 3.14. The fourth-order valence-corrected chi connectivity index (χ4v) is 0.689. The van der Waals surface area contributed by atoms with E-state index in [0.717, 1.165) is 0 Å². The fraction of sp³-hybridized carbons (Fsp3) is 1.00. The molecule has 2 atom stereocenters. The molecule has 1 unspecified atom stereocenters. The van der Waals surface area contributed by atoms with Gasteiger partial charge in [-0.25, -0.2) is 8.78 Å². The molecular formula is C7H14F2. The number of hydrogen-bond acceptors (Lipinski definition) is 0. The number of rotatable bonds is 1. The van der Waals surface area contributed by atoms with Crippen molar-refractivity contribution in [3.05, 3.63) is 0 Å². The predicted molar refractivity (Wildman–Crippen MR) is 34.9 cm³/mol. The first-order valence-electron chi connectivity index (χ1n) is 3.14. The van der Waals surface area contributed by atoms with E-state index in [1.165, 1.54) is 6.92 Å². The van der Waals surface area contributed by atoms with Gasteiger partial charge in [0.15, 0.2) is 0 Å². The van der Waals surface area contributed by atoms with Gasteiger partial charge in [0.25, 0.3) is 0 Å². The van der Waals surface area contributed by atoms with Gasteiger partial charge in [0, 0.05) is 0 Å². The minimum atomic E-state index is -1.36. The third-order valence-corrected chi connectivity index (χ3v) is 1.23. The quantitative estimate of drug-likeness (QED) is 0.520. The smallest absolute Gasteiger partial charge is 0.136 e. The average molecular weight is 136 g/mol. The minimum absolute atomic E-state index is 0.561. The lowest BCUT2D eigenvalue weighted by Crippen LogP contribution is -2.29. The van der Waals surface area contributed by atoms with Gasteiger partial charge in [0.1, 0.15) is 12.3 Å². The summed E-state index contributed by atoms with van der Waals surface area (Å²) in [5, 5.41) is 0. The Labute approximate surface area is 55.3 Å². The van der Waals surface area contributed by atoms with Gasteiger partial charge in [-0.15, -0.1) is 0 Å². The normalized spacial score (nSPS) is 19.3. The highest BCUT2D eigenvalue weighted by Crippen LogP contribution is 2.25. The van der Waals surface area contributed by atoms with Crippen LogP contribution < -0.4 is 0 Å². The Balaban J connectivity index is 3.88. The van der Waals surface area contributed by atoms with Crippen LogP contribution in [0.1, 0.15) is 27.7 Å². The zero-order valence-corrected chi connectivity index (χ0v) is 6.41. The molecule has 0 saturated heterocycles. The Kier molecular flexibility index (Phi) is 2.59. The van der Waals surface area contributed by atoms with Crippen molar-refractivity contribution in [3.63, 3.8) is 0 Å². The summed E-state index contributed by atoms with van der Waals surface area (Å²) in [6, 6.07) is 0. The highest BCUT2D eigenvalue weighted by Gasteiger charge is 2.29. The van der Waals surface area contributed by atoms with E-state index in [1.54, 1.807) is 20.8 Å². The largest absolute Gasteiger partial charge is 0.245 e. The molecule has 0 nitrogen and oxygen atoms in total. The Morgan fingerprint density at radius 3 is 1.44 bits per heavy atom. The molecule has 0 bridgehead atoms. The van der Waals surface area contributed by atoms with Crippen LogP contribution in [0.15, 0.2) is 0 Å². The molecule has 0 aromatic rings. The molecule has 0 aliphatic rings. The highest BCUT2D eigenvalue weighted by molar-refractivity contribution is 4.77. The zero-order chi connectivity index (χ0) is 7.65. The van der Waals surface area contributed by atoms with Crippen LogP contribution in [0.2, 0.25) is 0 Å². The second-order valence-corrected chi connectivity index (χ2v) is 3.45. The molecule has 0 aromatic carbocycles. The van der Waals surface area contributed by atoms with E-state index in [2.05, 4.69) is 0 Å². The van der Waals surface area contributed by atoms with Crippen molar-refractivity contribution in [3.8, 4) is 0 Å². The topological polar surface area (TPSA) is 0 Å². The summed E-state index contributed by atoms with van der Waals surface area (Å²) in [5.74, 6) is 0. The van der Waals surface area contributed by atoms with Gasteiger partial charge in [-0.1, -0.05) is 20.8 Å². The van der Waals surface area contributed by atoms with Crippen molar-refractivity contribution < 1.29 is 8.78 Å². The van der Waals surface area contributed by atoms with Crippen LogP contribution in [0.5, 0.6) is 0 Å². The van der Waals surface area contributed by atoms with Gasteiger partial charge in [-0.05, 0) is 12.3 Å². The molecule has 56 valence electrons. The van der Waals surface area contributed by atoms with Crippen LogP contribution in [0.4, 0.5) is 8.78 Å². The van der Waals surface area contributed by atoms with E-state index in [9.17, 15) is 8.78 Å². The summed E-state index contributed by atoms with van der Waals surface area (Å²) in [6.07, 6.45) is -2.71. The molecule has 0 saturated carbocycles. The molecule has 0 spiro atoms. The first-order chi connectivity index (χ1) is 3.85. The van der Waals surface area contributed by atoms with Gasteiger partial charge in [-0.3, -0.25) is 0 Å². The van der Waals surface area contributed by atoms with Gasteiger partial charge in [0.05, 0.1) is 0 Å². The average Bonchev–Trinajstić information content (AvgIpc) is 1.62. The van der Waals surface area contributed by atoms with Gasteiger partial charge in [0.2, 0.25) is 0 Å². The van der Waals surface area contributed by atoms with E-state index >= 15 is 0 Å². The molecule has 0 aromatic heterocycles. The Bertz CT molecular complexity index is 81.4. The second-order valence-electron chi connectivity index (χ2n) is 3.45. The van der Waals surface area contributed by atoms with E-state index < -0.39 is 17.8 Å². The molecule has 0 aliphatic carbocycles. The molecule has 9 heavy (non-hydrogen) atoms. The van der Waals surface area contributed by atoms with Crippen LogP contribution in [0, 0.1) is 5.41 Å². The van der Waals surface area contributed by atoms with Crippen LogP contribution in [-0.4, -0.2) is 12.3 Å². The molecule has 0 amide bonds. The van der Waals surface area contributed by atoms with Crippen molar-refractivity contribution in [1.29, 1.82) is 0 Å². The number of alkyl halides is 2. The predicted octanol–water partition coefficient (Wildman–Crippen LogP) is 2.73. The summed E-state index contributed by atoms with van der Waals surface area (Å²) in [4.78, 5) is 0. The number of halogens is 2. The lowest BCUT2D eigenvalue weighted by atomic mass is 9.88. The highest BCUT2D eigenvalue weighted by atomic mass is 19.2. The molecule has 0 radical (unpaired) electrons. The lowest BCUT2D eigenvalue weighted by molar-refractivity contribution is 0.0791. The minimum Gasteiger partial charge on any atom is -0.245 e. The van der Waals surface area contributed by atoms with Gasteiger partial charge in [-0.2, -0.15) is 0 Å². The van der Waals surface area contributed by atoms with Crippen LogP contribution in [0.3, 0.4) is 0 Å². The van der Waals surface area contributed by atoms with Gasteiger partial charge >= 0.3 is 0 Å². The SMILES string of the molecule is C[C@@H](F)C(F)C(C)(C)C. The molecule has 2 heteroatoms. The van der Waals surface area contributed by atoms with Crippen molar-refractivity contribution in [2.45, 2.75) is 40.0 Å². The maximum atomic E-state index is 12.7. The standard InChI is InChI=1S/C7H14F2/c1-5(8)6(9)7(2,3)4/h5-6H,1-4H3/t5-,6?/m1/s1. The Hall–Kier alpha value is -0.140. The van der Waals surface area contributed by atoms with Gasteiger partial charge < -0.3 is 0 Å². The summed E-state index contributed by atoms with van der Waals surface area (Å²) >= 11 is 0. The lowest BCUT2D eigenvalue weighted by Gasteiger charge is -2.24. The number of hydrogen-bond donors (Lipinski definition) is 0. The third-order valence-electron chi connectivity index (χ3n) is 1.23. The molecule has 0 rings (SSSR count). The van der Waals surface area contributed by atoms with E-state index in [1.807, 2.05) is 0 Å². The summed E-state index contributed by atoms with van der Waals surface area (Å²) in [5.41, 5.74) is -0.561. The maximum absolute atomic E-state index is 12.7. The van der Waals surface area contributed by atoms with Crippen LogP contribution >= 0.6 is 0 Å². The molecule has 0 N–H and O–H groups in total. The summed E-state index contributed by atoms with van der Waals surface area (Å²) in [7, 11) is 0. The monoisotopic (exact) mass is 136 g/mol. The maximum Gasteiger partial charge on any atom is 0.136 e. The Morgan fingerprint density at radius 2 is 1.44 bits per heavy atom. The van der Waals surface area contributed by atoms with Crippen molar-refractivity contribution >= 4 is 0 Å². The fourth-order valence-electron chi connectivity index (χ4n) is 0.689. The first kappa shape index (κ1) is 8.86. The summed E-state index contributed by atoms with van der Waals surface area (Å²) in [6.45, 7) is 6.31. The van der Waals surface area contributed by atoms with E-state index in [-0.39, 0.29) is 0 Å². The van der Waals surface area contributed by atoms with Crippen molar-refractivity contribution in [2.24, 2.45) is 5.41 Å². The summed E-state index contributed by atoms with van der Waals surface area (Å²) < 4.78 is 24.9. The molecular weight excluding hydrogens is 122 g/mol. The Morgan fingerprint density at radius 1 is 1.11 bits per heavy atom. The zero-order valence-electron chi connectivity index (χ0n) is 6.41. The van der Waals surface area contributed by atoms with Crippen molar-refractivity contribution in [2.75, 3.05) is 0 Å². The molecule has 0 aliphatic heterocycles. The van der Waals surface area contributed by atoms with E-state index in [0.29, 0.717) is 0 Å². The molecule has 0 fully saturated rings. The molecule has 0 heterocycles. The van der Waals surface area contributed by atoms with E-state index in [4.69, 9.17) is 0 Å². The van der Waals surface area contributed by atoms with Crippen LogP contribution in [-0.2, 0) is 0 Å². The van der Waals surface area contributed by atoms with Crippen LogP contribution in [0.25, 0.3) is 0 Å². The van der Waals surface area contributed by atoms with Crippen molar-refractivity contribution in [1.82, 2.24) is 0 Å². The second kappa shape index (κ2) is 2.63. The third kappa shape index (κ3) is 2.78.